The van der Waals surface area contributed by atoms with Crippen LogP contribution in [-0.2, 0) is 14.8 Å². The Kier molecular flexibility index (Phi) is 8.54. The van der Waals surface area contributed by atoms with Crippen molar-refractivity contribution < 1.29 is 22.7 Å². The number of rotatable bonds is 9. The number of imidazole rings is 1. The molecule has 13 heteroatoms. The van der Waals surface area contributed by atoms with Gasteiger partial charge in [0.1, 0.15) is 11.5 Å². The minimum atomic E-state index is -3.97. The number of halogens is 2. The standard InChI is InChI=1S/C25H22Cl2N4O5S2/c1-35-22-10-8-16(38(28,33)34)12-19(22)29-24(32)14-37-25-30-20(17-9-7-15(26)11-18(17)27)13-31(25)21-5-3-4-6-23(21)36-2/h3-13H,14H2,1-2H3,(H,29,32)(H2,28,33,34). The van der Waals surface area contributed by atoms with Crippen LogP contribution in [-0.4, -0.2) is 43.8 Å². The molecule has 0 atom stereocenters. The lowest BCUT2D eigenvalue weighted by atomic mass is 10.2. The molecule has 4 rings (SSSR count). The van der Waals surface area contributed by atoms with E-state index in [1.165, 1.54) is 37.1 Å². The number of carbonyl (C=O) groups is 1. The molecule has 1 heterocycles. The summed E-state index contributed by atoms with van der Waals surface area (Å²) in [5.41, 5.74) is 2.12. The van der Waals surface area contributed by atoms with Gasteiger partial charge in [-0.15, -0.1) is 0 Å². The minimum absolute atomic E-state index is 0.0529. The number of benzene rings is 3. The van der Waals surface area contributed by atoms with Crippen LogP contribution in [0.4, 0.5) is 5.69 Å². The monoisotopic (exact) mass is 592 g/mol. The number of anilines is 1. The molecule has 0 bridgehead atoms. The van der Waals surface area contributed by atoms with E-state index in [4.69, 9.17) is 42.8 Å². The van der Waals surface area contributed by atoms with E-state index >= 15 is 0 Å². The first-order valence-electron chi connectivity index (χ1n) is 10.9. The zero-order chi connectivity index (χ0) is 27.4. The molecular weight excluding hydrogens is 571 g/mol. The number of nitrogens with zero attached hydrogens (tertiary/aromatic N) is 2. The van der Waals surface area contributed by atoms with Crippen LogP contribution in [0.5, 0.6) is 11.5 Å². The number of carbonyl (C=O) groups excluding carboxylic acids is 1. The van der Waals surface area contributed by atoms with E-state index in [1.54, 1.807) is 36.1 Å². The SMILES string of the molecule is COc1ccc(S(N)(=O)=O)cc1NC(=O)CSc1nc(-c2ccc(Cl)cc2Cl)cn1-c1ccccc1OC. The van der Waals surface area contributed by atoms with Crippen molar-refractivity contribution in [3.63, 3.8) is 0 Å². The van der Waals surface area contributed by atoms with Crippen molar-refractivity contribution in [3.05, 3.63) is 76.9 Å². The zero-order valence-corrected chi connectivity index (χ0v) is 23.3. The van der Waals surface area contributed by atoms with Gasteiger partial charge in [0.2, 0.25) is 15.9 Å². The summed E-state index contributed by atoms with van der Waals surface area (Å²) in [5, 5.41) is 9.32. The van der Waals surface area contributed by atoms with Gasteiger partial charge in [0.15, 0.2) is 5.16 Å². The number of sulfonamides is 1. The average molecular weight is 594 g/mol. The van der Waals surface area contributed by atoms with Crippen LogP contribution >= 0.6 is 35.0 Å². The van der Waals surface area contributed by atoms with Gasteiger partial charge in [-0.3, -0.25) is 9.36 Å². The fraction of sp³-hybridized carbons (Fsp3) is 0.120. The van der Waals surface area contributed by atoms with Gasteiger partial charge in [0.25, 0.3) is 0 Å². The van der Waals surface area contributed by atoms with Crippen molar-refractivity contribution in [2.75, 3.05) is 25.3 Å². The van der Waals surface area contributed by atoms with Gasteiger partial charge in [-0.2, -0.15) is 0 Å². The number of methoxy groups -OCH3 is 2. The Morgan fingerprint density at radius 1 is 1.05 bits per heavy atom. The normalized spacial score (nSPS) is 11.3. The topological polar surface area (TPSA) is 126 Å². The molecule has 0 aliphatic carbocycles. The average Bonchev–Trinajstić information content (AvgIpc) is 3.30. The van der Waals surface area contributed by atoms with Crippen molar-refractivity contribution in [2.45, 2.75) is 10.1 Å². The smallest absolute Gasteiger partial charge is 0.238 e. The maximum absolute atomic E-state index is 12.9. The van der Waals surface area contributed by atoms with Gasteiger partial charge < -0.3 is 14.8 Å². The third-order valence-electron chi connectivity index (χ3n) is 5.33. The molecule has 0 aliphatic heterocycles. The lowest BCUT2D eigenvalue weighted by Crippen LogP contribution is -2.17. The molecule has 0 radical (unpaired) electrons. The van der Waals surface area contributed by atoms with E-state index in [0.29, 0.717) is 37.9 Å². The Morgan fingerprint density at radius 3 is 2.47 bits per heavy atom. The summed E-state index contributed by atoms with van der Waals surface area (Å²) in [4.78, 5) is 17.5. The van der Waals surface area contributed by atoms with Crippen molar-refractivity contribution >= 4 is 56.6 Å². The highest BCUT2D eigenvalue weighted by molar-refractivity contribution is 7.99. The molecule has 0 saturated heterocycles. The molecule has 198 valence electrons. The number of primary sulfonamides is 1. The molecule has 4 aromatic rings. The van der Waals surface area contributed by atoms with Crippen LogP contribution in [0.3, 0.4) is 0 Å². The van der Waals surface area contributed by atoms with Crippen LogP contribution < -0.4 is 19.9 Å². The van der Waals surface area contributed by atoms with Crippen molar-refractivity contribution in [1.29, 1.82) is 0 Å². The number of nitrogens with two attached hydrogens (primary N) is 1. The molecule has 0 fully saturated rings. The number of hydrogen-bond acceptors (Lipinski definition) is 7. The first-order chi connectivity index (χ1) is 18.1. The maximum atomic E-state index is 12.9. The summed E-state index contributed by atoms with van der Waals surface area (Å²) in [6.07, 6.45) is 1.80. The Morgan fingerprint density at radius 2 is 1.79 bits per heavy atom. The highest BCUT2D eigenvalue weighted by Crippen LogP contribution is 2.35. The van der Waals surface area contributed by atoms with E-state index < -0.39 is 15.9 Å². The van der Waals surface area contributed by atoms with Crippen LogP contribution in [0.15, 0.2) is 76.9 Å². The van der Waals surface area contributed by atoms with Gasteiger partial charge in [-0.1, -0.05) is 47.1 Å². The summed E-state index contributed by atoms with van der Waals surface area (Å²) < 4.78 is 36.1. The fourth-order valence-electron chi connectivity index (χ4n) is 3.57. The molecule has 3 aromatic carbocycles. The maximum Gasteiger partial charge on any atom is 0.238 e. The van der Waals surface area contributed by atoms with E-state index in [-0.39, 0.29) is 22.1 Å². The summed E-state index contributed by atoms with van der Waals surface area (Å²) in [6, 6.07) is 16.5. The van der Waals surface area contributed by atoms with Gasteiger partial charge in [-0.05, 0) is 48.5 Å². The first kappa shape index (κ1) is 27.8. The van der Waals surface area contributed by atoms with Gasteiger partial charge >= 0.3 is 0 Å². The second-order valence-corrected chi connectivity index (χ2v) is 11.2. The molecule has 0 unspecified atom stereocenters. The number of thioether (sulfide) groups is 1. The number of nitrogens with one attached hydrogen (secondary N) is 1. The highest BCUT2D eigenvalue weighted by atomic mass is 35.5. The minimum Gasteiger partial charge on any atom is -0.495 e. The van der Waals surface area contributed by atoms with Crippen molar-refractivity contribution in [2.24, 2.45) is 5.14 Å². The van der Waals surface area contributed by atoms with E-state index in [2.05, 4.69) is 5.32 Å². The van der Waals surface area contributed by atoms with Gasteiger partial charge in [-0.25, -0.2) is 18.5 Å². The molecular formula is C25H22Cl2N4O5S2. The Balaban J connectivity index is 1.65. The molecule has 0 saturated carbocycles. The molecule has 1 amide bonds. The molecule has 38 heavy (non-hydrogen) atoms. The lowest BCUT2D eigenvalue weighted by molar-refractivity contribution is -0.113. The fourth-order valence-corrected chi connectivity index (χ4v) is 5.40. The predicted molar refractivity (Wildman–Crippen MR) is 149 cm³/mol. The second-order valence-electron chi connectivity index (χ2n) is 7.82. The summed E-state index contributed by atoms with van der Waals surface area (Å²) >= 11 is 13.7. The Bertz CT molecular complexity index is 1610. The third kappa shape index (κ3) is 6.25. The second kappa shape index (κ2) is 11.7. The largest absolute Gasteiger partial charge is 0.495 e. The number of para-hydroxylation sites is 2. The highest BCUT2D eigenvalue weighted by Gasteiger charge is 2.19. The van der Waals surface area contributed by atoms with Crippen LogP contribution in [0.25, 0.3) is 16.9 Å². The lowest BCUT2D eigenvalue weighted by Gasteiger charge is -2.13. The summed E-state index contributed by atoms with van der Waals surface area (Å²) in [6.45, 7) is 0. The number of hydrogen-bond donors (Lipinski definition) is 2. The van der Waals surface area contributed by atoms with Crippen molar-refractivity contribution in [3.8, 4) is 28.4 Å². The van der Waals surface area contributed by atoms with Crippen molar-refractivity contribution in [1.82, 2.24) is 9.55 Å². The molecule has 0 aliphatic rings. The van der Waals surface area contributed by atoms with E-state index in [0.717, 1.165) is 0 Å². The van der Waals surface area contributed by atoms with Gasteiger partial charge in [0, 0.05) is 16.8 Å². The Hall–Kier alpha value is -3.22. The first-order valence-corrected chi connectivity index (χ1v) is 14.2. The van der Waals surface area contributed by atoms with Crippen LogP contribution in [0.1, 0.15) is 0 Å². The predicted octanol–water partition coefficient (Wildman–Crippen LogP) is 5.24. The quantitative estimate of drug-likeness (QED) is 0.254. The number of aromatic nitrogens is 2. The van der Waals surface area contributed by atoms with E-state index in [9.17, 15) is 13.2 Å². The number of amides is 1. The summed E-state index contributed by atoms with van der Waals surface area (Å²) in [5.74, 6) is 0.420. The molecule has 0 spiro atoms. The molecule has 1 aromatic heterocycles. The van der Waals surface area contributed by atoms with E-state index in [1.807, 2.05) is 24.3 Å². The van der Waals surface area contributed by atoms with Crippen LogP contribution in [0, 0.1) is 0 Å². The zero-order valence-electron chi connectivity index (χ0n) is 20.1. The van der Waals surface area contributed by atoms with Crippen LogP contribution in [0.2, 0.25) is 10.0 Å². The van der Waals surface area contributed by atoms with Gasteiger partial charge in [0.05, 0.1) is 47.0 Å². The number of ether oxygens (including phenoxy) is 2. The molecule has 9 nitrogen and oxygen atoms in total. The summed E-state index contributed by atoms with van der Waals surface area (Å²) in [7, 11) is -0.998. The third-order valence-corrected chi connectivity index (χ3v) is 7.74. The molecule has 3 N–H and O–H groups in total. The Labute approximate surface area is 233 Å².